The van der Waals surface area contributed by atoms with Gasteiger partial charge in [0.25, 0.3) is 11.8 Å². The lowest BCUT2D eigenvalue weighted by Crippen LogP contribution is -2.40. The van der Waals surface area contributed by atoms with Crippen molar-refractivity contribution in [3.05, 3.63) is 70.8 Å². The Morgan fingerprint density at radius 2 is 1.64 bits per heavy atom. The molecular weight excluding hydrogens is 373 g/mol. The number of amides is 3. The molecule has 2 aromatic carbocycles. The molecule has 0 fully saturated rings. The van der Waals surface area contributed by atoms with Gasteiger partial charge in [0, 0.05) is 5.56 Å². The lowest BCUT2D eigenvalue weighted by molar-refractivity contribution is -0.137. The number of imide groups is 1. The number of hydrogen-bond acceptors (Lipinski definition) is 3. The number of fused-ring (bicyclic) bond motifs is 1. The Balaban J connectivity index is 1.56. The Kier molecular flexibility index (Phi) is 5.18. The van der Waals surface area contributed by atoms with E-state index >= 15 is 0 Å². The summed E-state index contributed by atoms with van der Waals surface area (Å²) in [5.74, 6) is 3.36. The van der Waals surface area contributed by atoms with Crippen molar-refractivity contribution < 1.29 is 27.6 Å². The zero-order valence-electron chi connectivity index (χ0n) is 14.3. The summed E-state index contributed by atoms with van der Waals surface area (Å²) in [7, 11) is 0. The van der Waals surface area contributed by atoms with Gasteiger partial charge in [-0.05, 0) is 30.3 Å². The number of benzene rings is 2. The van der Waals surface area contributed by atoms with Crippen LogP contribution in [-0.2, 0) is 11.0 Å². The van der Waals surface area contributed by atoms with Crippen LogP contribution in [0.2, 0.25) is 0 Å². The fourth-order valence-corrected chi connectivity index (χ4v) is 2.64. The van der Waals surface area contributed by atoms with E-state index in [0.29, 0.717) is 0 Å². The molecule has 0 atom stereocenters. The Bertz CT molecular complexity index is 984. The summed E-state index contributed by atoms with van der Waals surface area (Å²) in [5.41, 5.74) is -0.173. The first-order valence-electron chi connectivity index (χ1n) is 8.15. The average Bonchev–Trinajstić information content (AvgIpc) is 2.90. The minimum absolute atomic E-state index is 0.141. The molecule has 3 amide bonds. The van der Waals surface area contributed by atoms with Crippen LogP contribution < -0.4 is 5.32 Å². The van der Waals surface area contributed by atoms with Crippen LogP contribution in [0.4, 0.5) is 13.2 Å². The Labute approximate surface area is 158 Å². The highest BCUT2D eigenvalue weighted by Gasteiger charge is 2.36. The molecule has 1 aliphatic heterocycles. The van der Waals surface area contributed by atoms with Gasteiger partial charge in [-0.1, -0.05) is 30.0 Å². The fraction of sp³-hybridized carbons (Fsp3) is 0.150. The zero-order chi connectivity index (χ0) is 20.3. The molecule has 0 spiro atoms. The Morgan fingerprint density at radius 3 is 2.25 bits per heavy atom. The van der Waals surface area contributed by atoms with Crippen LogP contribution in [0.25, 0.3) is 0 Å². The van der Waals surface area contributed by atoms with Crippen molar-refractivity contribution in [1.82, 2.24) is 10.2 Å². The van der Waals surface area contributed by atoms with Gasteiger partial charge < -0.3 is 5.32 Å². The highest BCUT2D eigenvalue weighted by atomic mass is 19.4. The van der Waals surface area contributed by atoms with Gasteiger partial charge in [-0.15, -0.1) is 0 Å². The van der Waals surface area contributed by atoms with Crippen molar-refractivity contribution in [2.75, 3.05) is 13.1 Å². The van der Waals surface area contributed by atoms with E-state index in [2.05, 4.69) is 17.2 Å². The van der Waals surface area contributed by atoms with Crippen LogP contribution in [0.15, 0.2) is 48.5 Å². The lowest BCUT2D eigenvalue weighted by atomic mass is 10.1. The van der Waals surface area contributed by atoms with Crippen LogP contribution in [0, 0.1) is 11.8 Å². The standard InChI is InChI=1S/C20H13F3N2O3/c21-20(22,23)14-7-3-5-13(11-14)6-4-10-24-17(26)12-25-18(27)15-8-1-2-9-16(15)19(25)28/h1-3,5,7-9,11H,10,12H2,(H,24,26). The van der Waals surface area contributed by atoms with Gasteiger partial charge in [-0.25, -0.2) is 0 Å². The summed E-state index contributed by atoms with van der Waals surface area (Å²) >= 11 is 0. The monoisotopic (exact) mass is 386 g/mol. The van der Waals surface area contributed by atoms with Crippen molar-refractivity contribution in [2.24, 2.45) is 0 Å². The van der Waals surface area contributed by atoms with E-state index in [0.717, 1.165) is 17.0 Å². The average molecular weight is 386 g/mol. The summed E-state index contributed by atoms with van der Waals surface area (Å²) in [5, 5.41) is 2.41. The van der Waals surface area contributed by atoms with Crippen LogP contribution in [0.3, 0.4) is 0 Å². The highest BCUT2D eigenvalue weighted by Crippen LogP contribution is 2.29. The highest BCUT2D eigenvalue weighted by molar-refractivity contribution is 6.22. The predicted molar refractivity (Wildman–Crippen MR) is 93.1 cm³/mol. The van der Waals surface area contributed by atoms with Crippen molar-refractivity contribution in [1.29, 1.82) is 0 Å². The number of halogens is 3. The molecular formula is C20H13F3N2O3. The van der Waals surface area contributed by atoms with Gasteiger partial charge in [-0.2, -0.15) is 13.2 Å². The predicted octanol–water partition coefficient (Wildman–Crippen LogP) is 2.47. The molecule has 0 radical (unpaired) electrons. The molecule has 1 heterocycles. The van der Waals surface area contributed by atoms with Gasteiger partial charge in [-0.3, -0.25) is 19.3 Å². The molecule has 0 saturated heterocycles. The molecule has 0 bridgehead atoms. The van der Waals surface area contributed by atoms with Gasteiger partial charge in [0.15, 0.2) is 0 Å². The Hall–Kier alpha value is -3.60. The third-order valence-corrected chi connectivity index (χ3v) is 3.98. The number of alkyl halides is 3. The van der Waals surface area contributed by atoms with Crippen molar-refractivity contribution >= 4 is 17.7 Å². The maximum Gasteiger partial charge on any atom is 0.416 e. The molecule has 1 aliphatic rings. The van der Waals surface area contributed by atoms with Gasteiger partial charge >= 0.3 is 6.18 Å². The molecule has 5 nitrogen and oxygen atoms in total. The van der Waals surface area contributed by atoms with E-state index in [4.69, 9.17) is 0 Å². The van der Waals surface area contributed by atoms with E-state index in [1.54, 1.807) is 12.1 Å². The van der Waals surface area contributed by atoms with E-state index in [1.165, 1.54) is 24.3 Å². The summed E-state index contributed by atoms with van der Waals surface area (Å²) in [6.45, 7) is -0.601. The van der Waals surface area contributed by atoms with Crippen LogP contribution in [-0.4, -0.2) is 35.7 Å². The molecule has 1 N–H and O–H groups in total. The topological polar surface area (TPSA) is 66.5 Å². The first-order chi connectivity index (χ1) is 13.3. The SMILES string of the molecule is O=C(CN1C(=O)c2ccccc2C1=O)NCC#Cc1cccc(C(F)(F)F)c1. The largest absolute Gasteiger partial charge is 0.416 e. The zero-order valence-corrected chi connectivity index (χ0v) is 14.3. The molecule has 0 aromatic heterocycles. The minimum atomic E-state index is -4.46. The van der Waals surface area contributed by atoms with Crippen LogP contribution in [0.1, 0.15) is 31.8 Å². The maximum atomic E-state index is 12.7. The summed E-state index contributed by atoms with van der Waals surface area (Å²) in [6.07, 6.45) is -4.46. The molecule has 28 heavy (non-hydrogen) atoms. The smallest absolute Gasteiger partial charge is 0.344 e. The minimum Gasteiger partial charge on any atom is -0.344 e. The van der Waals surface area contributed by atoms with Crippen LogP contribution >= 0.6 is 0 Å². The second kappa shape index (κ2) is 7.56. The number of nitrogens with one attached hydrogen (secondary N) is 1. The first-order valence-corrected chi connectivity index (χ1v) is 8.15. The van der Waals surface area contributed by atoms with Gasteiger partial charge in [0.2, 0.25) is 5.91 Å². The molecule has 0 aliphatic carbocycles. The second-order valence-corrected chi connectivity index (χ2v) is 5.90. The maximum absolute atomic E-state index is 12.7. The molecule has 0 saturated carbocycles. The third-order valence-electron chi connectivity index (χ3n) is 3.98. The number of nitrogens with zero attached hydrogens (tertiary/aromatic N) is 1. The number of hydrogen-bond donors (Lipinski definition) is 1. The van der Waals surface area contributed by atoms with E-state index < -0.39 is 36.0 Å². The van der Waals surface area contributed by atoms with Crippen LogP contribution in [0.5, 0.6) is 0 Å². The van der Waals surface area contributed by atoms with Gasteiger partial charge in [0.05, 0.1) is 23.2 Å². The Morgan fingerprint density at radius 1 is 1.00 bits per heavy atom. The van der Waals surface area contributed by atoms with Gasteiger partial charge in [0.1, 0.15) is 6.54 Å². The quantitative estimate of drug-likeness (QED) is 0.651. The third kappa shape index (κ3) is 4.04. The normalized spacial score (nSPS) is 13.0. The second-order valence-electron chi connectivity index (χ2n) is 5.90. The lowest BCUT2D eigenvalue weighted by Gasteiger charge is -2.12. The number of carbonyl (C=O) groups is 3. The van der Waals surface area contributed by atoms with E-state index in [9.17, 15) is 27.6 Å². The molecule has 0 unspecified atom stereocenters. The summed E-state index contributed by atoms with van der Waals surface area (Å²) < 4.78 is 38.0. The van der Waals surface area contributed by atoms with Crippen molar-refractivity contribution in [3.63, 3.8) is 0 Å². The molecule has 2 aromatic rings. The summed E-state index contributed by atoms with van der Waals surface area (Å²) in [4.78, 5) is 37.1. The summed E-state index contributed by atoms with van der Waals surface area (Å²) in [6, 6.07) is 10.8. The molecule has 8 heteroatoms. The molecule has 3 rings (SSSR count). The number of carbonyl (C=O) groups excluding carboxylic acids is 3. The fourth-order valence-electron chi connectivity index (χ4n) is 2.64. The van der Waals surface area contributed by atoms with E-state index in [1.807, 2.05) is 0 Å². The molecule has 142 valence electrons. The van der Waals surface area contributed by atoms with E-state index in [-0.39, 0.29) is 23.2 Å². The first kappa shape index (κ1) is 19.2. The van der Waals surface area contributed by atoms with Crippen molar-refractivity contribution in [2.45, 2.75) is 6.18 Å². The number of rotatable bonds is 3. The van der Waals surface area contributed by atoms with Crippen molar-refractivity contribution in [3.8, 4) is 11.8 Å².